The van der Waals surface area contributed by atoms with Crippen LogP contribution in [0.5, 0.6) is 0 Å². The summed E-state index contributed by atoms with van der Waals surface area (Å²) in [4.78, 5) is 33.4. The molecule has 0 radical (unpaired) electrons. The van der Waals surface area contributed by atoms with Crippen LogP contribution < -0.4 is 10.2 Å². The molecule has 0 unspecified atom stereocenters. The Balaban J connectivity index is 1.60. The Morgan fingerprint density at radius 3 is 2.86 bits per heavy atom. The van der Waals surface area contributed by atoms with Gasteiger partial charge in [0.25, 0.3) is 5.91 Å². The second-order valence-corrected chi connectivity index (χ2v) is 7.69. The monoisotopic (exact) mass is 382 g/mol. The first-order chi connectivity index (χ1) is 13.5. The summed E-state index contributed by atoms with van der Waals surface area (Å²) in [5.41, 5.74) is 1.36. The van der Waals surface area contributed by atoms with Crippen molar-refractivity contribution in [3.05, 3.63) is 36.3 Å². The fourth-order valence-corrected chi connectivity index (χ4v) is 4.40. The quantitative estimate of drug-likeness (QED) is 0.877. The standard InChI is InChI=1S/C20H26N6O2/c1-14(27)23-17-7-5-8-21-19(17)26-9-4-3-6-15-12-25(13-18(15)26)20(28)16-10-22-24(2)11-16/h5,7-8,10-11,15,18H,3-4,6,9,12-13H2,1-2H3,(H,23,27)/t15-,18+/m1/s1. The van der Waals surface area contributed by atoms with E-state index in [1.807, 2.05) is 24.1 Å². The number of fused-ring (bicyclic) bond motifs is 1. The van der Waals surface area contributed by atoms with E-state index in [1.54, 1.807) is 23.3 Å². The minimum Gasteiger partial charge on any atom is -0.350 e. The Labute approximate surface area is 164 Å². The van der Waals surface area contributed by atoms with Gasteiger partial charge in [-0.15, -0.1) is 0 Å². The zero-order valence-electron chi connectivity index (χ0n) is 16.3. The van der Waals surface area contributed by atoms with Crippen LogP contribution in [0.2, 0.25) is 0 Å². The van der Waals surface area contributed by atoms with E-state index in [0.29, 0.717) is 18.0 Å². The van der Waals surface area contributed by atoms with Crippen LogP contribution in [0.1, 0.15) is 36.5 Å². The summed E-state index contributed by atoms with van der Waals surface area (Å²) in [6.45, 7) is 3.79. The Morgan fingerprint density at radius 2 is 2.11 bits per heavy atom. The first-order valence-corrected chi connectivity index (χ1v) is 9.80. The van der Waals surface area contributed by atoms with Crippen molar-refractivity contribution in [3.8, 4) is 0 Å². The van der Waals surface area contributed by atoms with Gasteiger partial charge in [0.15, 0.2) is 5.82 Å². The summed E-state index contributed by atoms with van der Waals surface area (Å²) in [6, 6.07) is 3.92. The third-order valence-electron chi connectivity index (χ3n) is 5.64. The molecule has 2 aliphatic heterocycles. The van der Waals surface area contributed by atoms with Gasteiger partial charge in [-0.05, 0) is 30.9 Å². The van der Waals surface area contributed by atoms with Crippen LogP contribution in [-0.4, -0.2) is 57.2 Å². The molecule has 8 nitrogen and oxygen atoms in total. The van der Waals surface area contributed by atoms with E-state index in [2.05, 4.69) is 20.3 Å². The van der Waals surface area contributed by atoms with Crippen molar-refractivity contribution < 1.29 is 9.59 Å². The minimum absolute atomic E-state index is 0.0317. The molecule has 4 heterocycles. The summed E-state index contributed by atoms with van der Waals surface area (Å²) < 4.78 is 1.65. The number of carbonyl (C=O) groups is 2. The van der Waals surface area contributed by atoms with Crippen molar-refractivity contribution in [2.75, 3.05) is 29.9 Å². The molecule has 148 valence electrons. The lowest BCUT2D eigenvalue weighted by Crippen LogP contribution is -2.42. The Kier molecular flexibility index (Phi) is 5.02. The zero-order chi connectivity index (χ0) is 19.7. The highest BCUT2D eigenvalue weighted by Crippen LogP contribution is 2.35. The number of aromatic nitrogens is 3. The minimum atomic E-state index is -0.111. The summed E-state index contributed by atoms with van der Waals surface area (Å²) >= 11 is 0. The zero-order valence-corrected chi connectivity index (χ0v) is 16.3. The second kappa shape index (κ2) is 7.61. The predicted molar refractivity (Wildman–Crippen MR) is 106 cm³/mol. The molecule has 0 spiro atoms. The van der Waals surface area contributed by atoms with Crippen LogP contribution in [0.4, 0.5) is 11.5 Å². The van der Waals surface area contributed by atoms with Gasteiger partial charge < -0.3 is 15.1 Å². The highest BCUT2D eigenvalue weighted by molar-refractivity contribution is 5.94. The van der Waals surface area contributed by atoms with Gasteiger partial charge in [0.1, 0.15) is 0 Å². The lowest BCUT2D eigenvalue weighted by Gasteiger charge is -2.32. The van der Waals surface area contributed by atoms with Gasteiger partial charge in [-0.1, -0.05) is 6.42 Å². The molecule has 2 saturated heterocycles. The second-order valence-electron chi connectivity index (χ2n) is 7.69. The number of aryl methyl sites for hydroxylation is 1. The van der Waals surface area contributed by atoms with Crippen LogP contribution in [0.15, 0.2) is 30.7 Å². The van der Waals surface area contributed by atoms with Gasteiger partial charge in [-0.25, -0.2) is 4.98 Å². The molecule has 0 bridgehead atoms. The van der Waals surface area contributed by atoms with Crippen LogP contribution in [-0.2, 0) is 11.8 Å². The van der Waals surface area contributed by atoms with E-state index in [1.165, 1.54) is 6.92 Å². The molecule has 2 aliphatic rings. The third kappa shape index (κ3) is 3.58. The number of hydrogen-bond donors (Lipinski definition) is 1. The smallest absolute Gasteiger partial charge is 0.257 e. The van der Waals surface area contributed by atoms with Crippen molar-refractivity contribution >= 4 is 23.3 Å². The third-order valence-corrected chi connectivity index (χ3v) is 5.64. The lowest BCUT2D eigenvalue weighted by molar-refractivity contribution is -0.114. The number of pyridine rings is 1. The Bertz CT molecular complexity index is 879. The van der Waals surface area contributed by atoms with E-state index >= 15 is 0 Å². The highest BCUT2D eigenvalue weighted by atomic mass is 16.2. The molecule has 4 rings (SSSR count). The largest absolute Gasteiger partial charge is 0.350 e. The van der Waals surface area contributed by atoms with Gasteiger partial charge in [-0.3, -0.25) is 14.3 Å². The number of rotatable bonds is 3. The van der Waals surface area contributed by atoms with Crippen molar-refractivity contribution in [2.24, 2.45) is 13.0 Å². The molecule has 2 aromatic rings. The summed E-state index contributed by atoms with van der Waals surface area (Å²) in [5, 5.41) is 7.02. The van der Waals surface area contributed by atoms with E-state index in [9.17, 15) is 9.59 Å². The number of hydrogen-bond acceptors (Lipinski definition) is 5. The van der Waals surface area contributed by atoms with E-state index in [4.69, 9.17) is 0 Å². The molecule has 2 atom stereocenters. The number of amides is 2. The summed E-state index contributed by atoms with van der Waals surface area (Å²) in [7, 11) is 1.82. The average molecular weight is 382 g/mol. The maximum absolute atomic E-state index is 12.9. The highest BCUT2D eigenvalue weighted by Gasteiger charge is 2.41. The Hall–Kier alpha value is -2.90. The Morgan fingerprint density at radius 1 is 1.25 bits per heavy atom. The molecule has 0 aliphatic carbocycles. The number of anilines is 2. The maximum Gasteiger partial charge on any atom is 0.257 e. The predicted octanol–water partition coefficient (Wildman–Crippen LogP) is 1.90. The van der Waals surface area contributed by atoms with E-state index in [-0.39, 0.29) is 17.9 Å². The van der Waals surface area contributed by atoms with Crippen LogP contribution >= 0.6 is 0 Å². The topological polar surface area (TPSA) is 83.4 Å². The molecule has 28 heavy (non-hydrogen) atoms. The van der Waals surface area contributed by atoms with Crippen molar-refractivity contribution in [3.63, 3.8) is 0 Å². The normalized spacial score (nSPS) is 21.9. The molecule has 8 heteroatoms. The van der Waals surface area contributed by atoms with Crippen LogP contribution in [0.3, 0.4) is 0 Å². The van der Waals surface area contributed by atoms with Gasteiger partial charge in [0, 0.05) is 46.0 Å². The van der Waals surface area contributed by atoms with Crippen molar-refractivity contribution in [2.45, 2.75) is 32.2 Å². The lowest BCUT2D eigenvalue weighted by atomic mass is 9.98. The summed E-state index contributed by atoms with van der Waals surface area (Å²) in [6.07, 6.45) is 8.47. The average Bonchev–Trinajstić information content (AvgIpc) is 3.24. The van der Waals surface area contributed by atoms with E-state index < -0.39 is 0 Å². The number of carbonyl (C=O) groups excluding carboxylic acids is 2. The molecule has 0 aromatic carbocycles. The molecular formula is C20H26N6O2. The fourth-order valence-electron chi connectivity index (χ4n) is 4.40. The SMILES string of the molecule is CC(=O)Nc1cccnc1N1CCCC[C@@H]2CN(C(=O)c3cnn(C)c3)C[C@@H]21. The molecule has 1 N–H and O–H groups in total. The summed E-state index contributed by atoms with van der Waals surface area (Å²) in [5.74, 6) is 1.12. The van der Waals surface area contributed by atoms with Crippen molar-refractivity contribution in [1.29, 1.82) is 0 Å². The fraction of sp³-hybridized carbons (Fsp3) is 0.500. The van der Waals surface area contributed by atoms with Crippen LogP contribution in [0, 0.1) is 5.92 Å². The molecule has 0 saturated carbocycles. The van der Waals surface area contributed by atoms with Gasteiger partial charge in [0.05, 0.1) is 23.5 Å². The number of nitrogens with zero attached hydrogens (tertiary/aromatic N) is 5. The molecule has 2 fully saturated rings. The van der Waals surface area contributed by atoms with Crippen molar-refractivity contribution in [1.82, 2.24) is 19.7 Å². The first kappa shape index (κ1) is 18.5. The van der Waals surface area contributed by atoms with E-state index in [0.717, 1.165) is 43.9 Å². The first-order valence-electron chi connectivity index (χ1n) is 9.80. The molecule has 2 aromatic heterocycles. The maximum atomic E-state index is 12.9. The number of nitrogens with one attached hydrogen (secondary N) is 1. The molecule has 2 amide bonds. The van der Waals surface area contributed by atoms with Gasteiger partial charge >= 0.3 is 0 Å². The van der Waals surface area contributed by atoms with Gasteiger partial charge in [0.2, 0.25) is 5.91 Å². The molecular weight excluding hydrogens is 356 g/mol. The van der Waals surface area contributed by atoms with Crippen LogP contribution in [0.25, 0.3) is 0 Å². The van der Waals surface area contributed by atoms with Gasteiger partial charge in [-0.2, -0.15) is 5.10 Å². The number of likely N-dealkylation sites (tertiary alicyclic amines) is 1.